The highest BCUT2D eigenvalue weighted by Gasteiger charge is 2.10. The Morgan fingerprint density at radius 2 is 1.48 bits per heavy atom. The second-order valence-corrected chi connectivity index (χ2v) is 7.16. The lowest BCUT2D eigenvalue weighted by Gasteiger charge is -2.12. The van der Waals surface area contributed by atoms with E-state index in [-0.39, 0.29) is 18.4 Å². The summed E-state index contributed by atoms with van der Waals surface area (Å²) in [6, 6.07) is 25.2. The summed E-state index contributed by atoms with van der Waals surface area (Å²) in [7, 11) is 1.54. The number of para-hydroxylation sites is 2. The quantitative estimate of drug-likeness (QED) is 0.413. The molecule has 2 N–H and O–H groups in total. The number of methoxy groups -OCH3 is 1. The van der Waals surface area contributed by atoms with Crippen molar-refractivity contribution in [1.29, 1.82) is 0 Å². The third-order valence-corrected chi connectivity index (χ3v) is 4.84. The van der Waals surface area contributed by atoms with Crippen LogP contribution in [0.1, 0.15) is 10.4 Å². The molecule has 0 radical (unpaired) electrons. The fraction of sp³-hybridized carbons (Fsp3) is 0.0769. The molecule has 0 aliphatic carbocycles. The number of hydrogen-bond donors (Lipinski definition) is 2. The Morgan fingerprint density at radius 3 is 2.24 bits per heavy atom. The molecule has 4 rings (SSSR count). The summed E-state index contributed by atoms with van der Waals surface area (Å²) >= 11 is 0. The van der Waals surface area contributed by atoms with E-state index >= 15 is 0 Å². The molecule has 4 aromatic rings. The number of nitrogens with one attached hydrogen (secondary N) is 2. The molecule has 7 heteroatoms. The number of benzene rings is 3. The van der Waals surface area contributed by atoms with Gasteiger partial charge in [0.1, 0.15) is 0 Å². The lowest BCUT2D eigenvalue weighted by Crippen LogP contribution is -2.20. The summed E-state index contributed by atoms with van der Waals surface area (Å²) in [6.45, 7) is -0.177. The van der Waals surface area contributed by atoms with E-state index in [0.717, 1.165) is 5.69 Å². The van der Waals surface area contributed by atoms with Crippen LogP contribution >= 0.6 is 0 Å². The number of ether oxygens (including phenoxy) is 2. The molecule has 0 bridgehead atoms. The Labute approximate surface area is 191 Å². The number of carbonyl (C=O) groups is 2. The topological polar surface area (TPSA) is 81.6 Å². The molecule has 0 saturated heterocycles. The molecule has 7 nitrogen and oxygen atoms in total. The highest BCUT2D eigenvalue weighted by Crippen LogP contribution is 2.25. The normalized spacial score (nSPS) is 10.3. The molecule has 1 aromatic heterocycles. The first-order chi connectivity index (χ1) is 16.1. The van der Waals surface area contributed by atoms with Crippen LogP contribution in [0, 0.1) is 0 Å². The van der Waals surface area contributed by atoms with E-state index in [1.165, 1.54) is 0 Å². The van der Waals surface area contributed by atoms with Crippen molar-refractivity contribution in [3.63, 3.8) is 0 Å². The van der Waals surface area contributed by atoms with Gasteiger partial charge in [0.15, 0.2) is 18.1 Å². The molecule has 0 aliphatic rings. The highest BCUT2D eigenvalue weighted by atomic mass is 16.5. The number of aromatic nitrogens is 1. The van der Waals surface area contributed by atoms with Crippen LogP contribution in [-0.4, -0.2) is 30.1 Å². The van der Waals surface area contributed by atoms with Gasteiger partial charge in [-0.3, -0.25) is 9.59 Å². The predicted octanol–water partition coefficient (Wildman–Crippen LogP) is 4.76. The minimum absolute atomic E-state index is 0.177. The van der Waals surface area contributed by atoms with Gasteiger partial charge >= 0.3 is 0 Å². The van der Waals surface area contributed by atoms with E-state index in [9.17, 15) is 9.59 Å². The molecular weight excluding hydrogens is 418 g/mol. The Morgan fingerprint density at radius 1 is 0.788 bits per heavy atom. The van der Waals surface area contributed by atoms with E-state index in [1.54, 1.807) is 55.6 Å². The number of rotatable bonds is 8. The van der Waals surface area contributed by atoms with E-state index in [2.05, 4.69) is 10.6 Å². The molecule has 0 saturated carbocycles. The van der Waals surface area contributed by atoms with Crippen LogP contribution in [0.25, 0.3) is 5.69 Å². The van der Waals surface area contributed by atoms with Crippen LogP contribution in [0.4, 0.5) is 11.4 Å². The molecule has 3 aromatic carbocycles. The lowest BCUT2D eigenvalue weighted by atomic mass is 10.1. The Kier molecular flexibility index (Phi) is 6.70. The fourth-order valence-corrected chi connectivity index (χ4v) is 3.27. The van der Waals surface area contributed by atoms with E-state index < -0.39 is 0 Å². The summed E-state index contributed by atoms with van der Waals surface area (Å²) in [5, 5.41) is 5.64. The average molecular weight is 441 g/mol. The van der Waals surface area contributed by atoms with Gasteiger partial charge in [-0.15, -0.1) is 0 Å². The molecular formula is C26H23N3O4. The Bertz CT molecular complexity index is 1250. The molecule has 1 heterocycles. The van der Waals surface area contributed by atoms with Crippen LogP contribution in [0.2, 0.25) is 0 Å². The van der Waals surface area contributed by atoms with Crippen molar-refractivity contribution in [2.75, 3.05) is 24.4 Å². The minimum atomic E-state index is -0.330. The molecule has 0 unspecified atom stereocenters. The maximum Gasteiger partial charge on any atom is 0.262 e. The van der Waals surface area contributed by atoms with Crippen LogP contribution in [0.3, 0.4) is 0 Å². The molecule has 33 heavy (non-hydrogen) atoms. The second kappa shape index (κ2) is 10.2. The van der Waals surface area contributed by atoms with Crippen LogP contribution in [-0.2, 0) is 4.79 Å². The molecule has 0 aliphatic heterocycles. The third kappa shape index (κ3) is 5.59. The van der Waals surface area contributed by atoms with Gasteiger partial charge in [0.25, 0.3) is 11.8 Å². The van der Waals surface area contributed by atoms with Gasteiger partial charge in [0.2, 0.25) is 0 Å². The minimum Gasteiger partial charge on any atom is -0.493 e. The molecule has 0 atom stereocenters. The second-order valence-electron chi connectivity index (χ2n) is 7.16. The number of carbonyl (C=O) groups excluding carboxylic acids is 2. The molecule has 166 valence electrons. The van der Waals surface area contributed by atoms with Crippen molar-refractivity contribution < 1.29 is 19.1 Å². The van der Waals surface area contributed by atoms with Gasteiger partial charge in [0, 0.05) is 35.0 Å². The molecule has 0 spiro atoms. The van der Waals surface area contributed by atoms with Crippen molar-refractivity contribution in [3.8, 4) is 17.2 Å². The summed E-state index contributed by atoms with van der Waals surface area (Å²) < 4.78 is 12.7. The van der Waals surface area contributed by atoms with Crippen molar-refractivity contribution in [2.24, 2.45) is 0 Å². The summed E-state index contributed by atoms with van der Waals surface area (Å²) in [4.78, 5) is 25.1. The number of anilines is 2. The van der Waals surface area contributed by atoms with Gasteiger partial charge in [-0.05, 0) is 60.7 Å². The fourth-order valence-electron chi connectivity index (χ4n) is 3.27. The number of nitrogens with zero attached hydrogens (tertiary/aromatic N) is 1. The van der Waals surface area contributed by atoms with Gasteiger partial charge in [-0.2, -0.15) is 0 Å². The maximum atomic E-state index is 12.7. The van der Waals surface area contributed by atoms with Crippen molar-refractivity contribution in [1.82, 2.24) is 4.57 Å². The first-order valence-corrected chi connectivity index (χ1v) is 10.3. The Balaban J connectivity index is 1.37. The largest absolute Gasteiger partial charge is 0.493 e. The maximum absolute atomic E-state index is 12.7. The van der Waals surface area contributed by atoms with Gasteiger partial charge < -0.3 is 24.7 Å². The van der Waals surface area contributed by atoms with Gasteiger partial charge in [-0.25, -0.2) is 0 Å². The zero-order valence-corrected chi connectivity index (χ0v) is 18.0. The van der Waals surface area contributed by atoms with Gasteiger partial charge in [-0.1, -0.05) is 24.3 Å². The molecule has 0 fully saturated rings. The third-order valence-electron chi connectivity index (χ3n) is 4.84. The first-order valence-electron chi connectivity index (χ1n) is 10.3. The zero-order valence-electron chi connectivity index (χ0n) is 18.0. The smallest absolute Gasteiger partial charge is 0.262 e. The summed E-state index contributed by atoms with van der Waals surface area (Å²) in [5.74, 6) is 0.463. The van der Waals surface area contributed by atoms with E-state index in [0.29, 0.717) is 28.4 Å². The van der Waals surface area contributed by atoms with Crippen LogP contribution in [0.15, 0.2) is 97.3 Å². The lowest BCUT2D eigenvalue weighted by molar-refractivity contribution is -0.118. The zero-order chi connectivity index (χ0) is 23.0. The van der Waals surface area contributed by atoms with E-state index in [1.807, 2.05) is 53.4 Å². The van der Waals surface area contributed by atoms with E-state index in [4.69, 9.17) is 9.47 Å². The summed E-state index contributed by atoms with van der Waals surface area (Å²) in [5.41, 5.74) is 2.53. The van der Waals surface area contributed by atoms with Crippen molar-refractivity contribution >= 4 is 23.2 Å². The Hall–Kier alpha value is -4.52. The van der Waals surface area contributed by atoms with Crippen LogP contribution < -0.4 is 20.1 Å². The SMILES string of the molecule is COc1ccccc1OCC(=O)Nc1cccc(NC(=O)c2cccc(-n3cccc3)c2)c1. The standard InChI is InChI=1S/C26H23N3O4/c1-32-23-12-2-3-13-24(23)33-18-25(30)27-20-9-7-10-21(17-20)28-26(31)19-8-6-11-22(16-19)29-14-4-5-15-29/h2-17H,18H2,1H3,(H,27,30)(H,28,31). The van der Waals surface area contributed by atoms with Crippen LogP contribution in [0.5, 0.6) is 11.5 Å². The first kappa shape index (κ1) is 21.7. The van der Waals surface area contributed by atoms with Gasteiger partial charge in [0.05, 0.1) is 7.11 Å². The number of amides is 2. The van der Waals surface area contributed by atoms with Crippen molar-refractivity contribution in [3.05, 3.63) is 103 Å². The summed E-state index contributed by atoms with van der Waals surface area (Å²) in [6.07, 6.45) is 3.83. The monoisotopic (exact) mass is 441 g/mol. The average Bonchev–Trinajstić information content (AvgIpc) is 3.38. The number of hydrogen-bond acceptors (Lipinski definition) is 4. The predicted molar refractivity (Wildman–Crippen MR) is 127 cm³/mol. The van der Waals surface area contributed by atoms with Crippen molar-refractivity contribution in [2.45, 2.75) is 0 Å². The molecule has 2 amide bonds. The highest BCUT2D eigenvalue weighted by molar-refractivity contribution is 6.05.